The first-order chi connectivity index (χ1) is 9.11. The van der Waals surface area contributed by atoms with Gasteiger partial charge in [0.15, 0.2) is 11.6 Å². The third-order valence-corrected chi connectivity index (χ3v) is 3.68. The largest absolute Gasteiger partial charge is 0.387 e. The van der Waals surface area contributed by atoms with Crippen LogP contribution < -0.4 is 0 Å². The molecule has 5 heteroatoms. The van der Waals surface area contributed by atoms with E-state index in [1.807, 2.05) is 0 Å². The maximum absolute atomic E-state index is 13.6. The predicted molar refractivity (Wildman–Crippen MR) is 69.9 cm³/mol. The second kappa shape index (κ2) is 6.41. The third-order valence-electron chi connectivity index (χ3n) is 3.68. The van der Waals surface area contributed by atoms with Crippen molar-refractivity contribution < 1.29 is 13.9 Å². The highest BCUT2D eigenvalue weighted by Crippen LogP contribution is 2.20. The van der Waals surface area contributed by atoms with Crippen LogP contribution in [0.5, 0.6) is 0 Å². The normalized spacial score (nSPS) is 19.6. The van der Waals surface area contributed by atoms with Gasteiger partial charge in [-0.3, -0.25) is 4.90 Å². The van der Waals surface area contributed by atoms with Gasteiger partial charge in [-0.1, -0.05) is 19.1 Å². The second-order valence-electron chi connectivity index (χ2n) is 4.89. The van der Waals surface area contributed by atoms with E-state index in [0.29, 0.717) is 6.54 Å². The summed E-state index contributed by atoms with van der Waals surface area (Å²) < 4.78 is 26.7. The Hall–Kier alpha value is -1.04. The minimum atomic E-state index is -0.983. The van der Waals surface area contributed by atoms with Crippen LogP contribution in [0.3, 0.4) is 0 Å². The van der Waals surface area contributed by atoms with E-state index in [1.165, 1.54) is 12.1 Å². The van der Waals surface area contributed by atoms with Crippen molar-refractivity contribution in [1.29, 1.82) is 0 Å². The Morgan fingerprint density at radius 1 is 1.16 bits per heavy atom. The molecule has 0 spiro atoms. The molecule has 1 aliphatic heterocycles. The fraction of sp³-hybridized carbons (Fsp3) is 0.571. The highest BCUT2D eigenvalue weighted by molar-refractivity contribution is 5.21. The van der Waals surface area contributed by atoms with E-state index < -0.39 is 17.7 Å². The standard InChI is InChI=1S/C14H20F2N2O/c1-2-17-6-8-18(9-7-17)10-13(19)11-4-3-5-12(15)14(11)16/h3-5,13,19H,2,6-10H2,1H3. The summed E-state index contributed by atoms with van der Waals surface area (Å²) in [6, 6.07) is 3.92. The number of halogens is 2. The molecule has 106 valence electrons. The summed E-state index contributed by atoms with van der Waals surface area (Å²) in [5.41, 5.74) is 0.0397. The number of hydrogen-bond donors (Lipinski definition) is 1. The molecule has 0 radical (unpaired) electrons. The van der Waals surface area contributed by atoms with Gasteiger partial charge in [0.2, 0.25) is 0 Å². The zero-order chi connectivity index (χ0) is 13.8. The molecule has 2 rings (SSSR count). The van der Waals surface area contributed by atoms with Crippen molar-refractivity contribution in [2.75, 3.05) is 39.3 Å². The number of aliphatic hydroxyl groups is 1. The van der Waals surface area contributed by atoms with E-state index in [1.54, 1.807) is 0 Å². The number of hydrogen-bond acceptors (Lipinski definition) is 3. The summed E-state index contributed by atoms with van der Waals surface area (Å²) in [5, 5.41) is 10.0. The molecule has 1 saturated heterocycles. The first-order valence-electron chi connectivity index (χ1n) is 6.68. The molecule has 3 nitrogen and oxygen atoms in total. The van der Waals surface area contributed by atoms with Crippen molar-refractivity contribution in [1.82, 2.24) is 9.80 Å². The average Bonchev–Trinajstić information content (AvgIpc) is 2.42. The van der Waals surface area contributed by atoms with Crippen LogP contribution in [-0.2, 0) is 0 Å². The molecule has 1 unspecified atom stereocenters. The van der Waals surface area contributed by atoms with Crippen LogP contribution >= 0.6 is 0 Å². The molecule has 0 aliphatic carbocycles. The molecule has 0 saturated carbocycles. The second-order valence-corrected chi connectivity index (χ2v) is 4.89. The molecule has 1 heterocycles. The van der Waals surface area contributed by atoms with Gasteiger partial charge in [0.25, 0.3) is 0 Å². The Morgan fingerprint density at radius 3 is 2.42 bits per heavy atom. The molecule has 1 N–H and O–H groups in total. The Labute approximate surface area is 112 Å². The number of rotatable bonds is 4. The molecule has 1 aromatic rings. The average molecular weight is 270 g/mol. The molecule has 0 bridgehead atoms. The molecule has 1 fully saturated rings. The van der Waals surface area contributed by atoms with Gasteiger partial charge in [0, 0.05) is 38.3 Å². The lowest BCUT2D eigenvalue weighted by Crippen LogP contribution is -2.47. The van der Waals surface area contributed by atoms with Crippen molar-refractivity contribution in [3.8, 4) is 0 Å². The molecule has 0 amide bonds. The van der Waals surface area contributed by atoms with Gasteiger partial charge in [0.05, 0.1) is 6.10 Å². The van der Waals surface area contributed by atoms with Crippen LogP contribution in [0.25, 0.3) is 0 Å². The number of benzene rings is 1. The first-order valence-corrected chi connectivity index (χ1v) is 6.68. The van der Waals surface area contributed by atoms with Gasteiger partial charge in [-0.05, 0) is 12.6 Å². The molecular weight excluding hydrogens is 250 g/mol. The van der Waals surface area contributed by atoms with Crippen molar-refractivity contribution in [3.63, 3.8) is 0 Å². The Morgan fingerprint density at radius 2 is 1.79 bits per heavy atom. The van der Waals surface area contributed by atoms with Gasteiger partial charge < -0.3 is 10.0 Å². The molecule has 0 aromatic heterocycles. The molecule has 1 atom stereocenters. The predicted octanol–water partition coefficient (Wildman–Crippen LogP) is 1.64. The maximum atomic E-state index is 13.6. The lowest BCUT2D eigenvalue weighted by atomic mass is 10.1. The number of aliphatic hydroxyl groups excluding tert-OH is 1. The summed E-state index contributed by atoms with van der Waals surface area (Å²) in [6.07, 6.45) is -0.983. The van der Waals surface area contributed by atoms with Crippen LogP contribution in [0, 0.1) is 11.6 Å². The molecule has 1 aliphatic rings. The topological polar surface area (TPSA) is 26.7 Å². The lowest BCUT2D eigenvalue weighted by molar-refractivity contribution is 0.0723. The molecule has 19 heavy (non-hydrogen) atoms. The van der Waals surface area contributed by atoms with Crippen LogP contribution in [0.15, 0.2) is 18.2 Å². The van der Waals surface area contributed by atoms with E-state index in [0.717, 1.165) is 38.8 Å². The van der Waals surface area contributed by atoms with Gasteiger partial charge >= 0.3 is 0 Å². The monoisotopic (exact) mass is 270 g/mol. The highest BCUT2D eigenvalue weighted by atomic mass is 19.2. The van der Waals surface area contributed by atoms with E-state index in [4.69, 9.17) is 0 Å². The lowest BCUT2D eigenvalue weighted by Gasteiger charge is -2.35. The summed E-state index contributed by atoms with van der Waals surface area (Å²) in [6.45, 7) is 7.09. The first kappa shape index (κ1) is 14.4. The van der Waals surface area contributed by atoms with Crippen molar-refractivity contribution >= 4 is 0 Å². The summed E-state index contributed by atoms with van der Waals surface area (Å²) >= 11 is 0. The minimum Gasteiger partial charge on any atom is -0.387 e. The van der Waals surface area contributed by atoms with E-state index >= 15 is 0 Å². The Balaban J connectivity index is 1.94. The van der Waals surface area contributed by atoms with Crippen LogP contribution in [0.1, 0.15) is 18.6 Å². The van der Waals surface area contributed by atoms with Crippen LogP contribution in [-0.4, -0.2) is 54.2 Å². The van der Waals surface area contributed by atoms with Gasteiger partial charge in [-0.25, -0.2) is 8.78 Å². The number of β-amino-alcohol motifs (C(OH)–C–C–N with tert-alkyl or cyclic N) is 1. The number of likely N-dealkylation sites (N-methyl/N-ethyl adjacent to an activating group) is 1. The smallest absolute Gasteiger partial charge is 0.164 e. The highest BCUT2D eigenvalue weighted by Gasteiger charge is 2.21. The van der Waals surface area contributed by atoms with Crippen molar-refractivity contribution in [3.05, 3.63) is 35.4 Å². The van der Waals surface area contributed by atoms with Crippen LogP contribution in [0.4, 0.5) is 8.78 Å². The SMILES string of the molecule is CCN1CCN(CC(O)c2cccc(F)c2F)CC1. The summed E-state index contributed by atoms with van der Waals surface area (Å²) in [4.78, 5) is 4.41. The summed E-state index contributed by atoms with van der Waals surface area (Å²) in [7, 11) is 0. The van der Waals surface area contributed by atoms with Gasteiger partial charge in [-0.2, -0.15) is 0 Å². The van der Waals surface area contributed by atoms with Gasteiger partial charge in [-0.15, -0.1) is 0 Å². The minimum absolute atomic E-state index is 0.0397. The quantitative estimate of drug-likeness (QED) is 0.901. The van der Waals surface area contributed by atoms with Crippen molar-refractivity contribution in [2.45, 2.75) is 13.0 Å². The fourth-order valence-corrected chi connectivity index (χ4v) is 2.41. The van der Waals surface area contributed by atoms with E-state index in [9.17, 15) is 13.9 Å². The molecular formula is C14H20F2N2O. The number of piperazine rings is 1. The Kier molecular flexibility index (Phi) is 4.85. The fourth-order valence-electron chi connectivity index (χ4n) is 2.41. The third kappa shape index (κ3) is 3.49. The maximum Gasteiger partial charge on any atom is 0.164 e. The zero-order valence-corrected chi connectivity index (χ0v) is 11.1. The Bertz CT molecular complexity index is 420. The zero-order valence-electron chi connectivity index (χ0n) is 11.1. The van der Waals surface area contributed by atoms with E-state index in [2.05, 4.69) is 16.7 Å². The van der Waals surface area contributed by atoms with Crippen molar-refractivity contribution in [2.24, 2.45) is 0 Å². The summed E-state index contributed by atoms with van der Waals surface area (Å²) in [5.74, 6) is -1.85. The van der Waals surface area contributed by atoms with Gasteiger partial charge in [0.1, 0.15) is 0 Å². The number of nitrogens with zero attached hydrogens (tertiary/aromatic N) is 2. The molecule has 1 aromatic carbocycles. The van der Waals surface area contributed by atoms with E-state index in [-0.39, 0.29) is 5.56 Å². The van der Waals surface area contributed by atoms with Crippen LogP contribution in [0.2, 0.25) is 0 Å².